The summed E-state index contributed by atoms with van der Waals surface area (Å²) in [6, 6.07) is 17.3. The van der Waals surface area contributed by atoms with Gasteiger partial charge in [-0.05, 0) is 49.0 Å². The molecule has 122 valence electrons. The van der Waals surface area contributed by atoms with Crippen molar-refractivity contribution in [2.24, 2.45) is 0 Å². The van der Waals surface area contributed by atoms with Crippen LogP contribution in [-0.4, -0.2) is 15.5 Å². The Labute approximate surface area is 153 Å². The van der Waals surface area contributed by atoms with E-state index in [4.69, 9.17) is 12.2 Å². The van der Waals surface area contributed by atoms with Gasteiger partial charge in [0.15, 0.2) is 4.77 Å². The molecule has 1 amide bonds. The van der Waals surface area contributed by atoms with Crippen LogP contribution in [0.15, 0.2) is 65.3 Å². The molecular weight excluding hydrogens is 386 g/mol. The lowest BCUT2D eigenvalue weighted by Gasteiger charge is -2.15. The Balaban J connectivity index is 1.88. The van der Waals surface area contributed by atoms with Crippen LogP contribution in [0.4, 0.5) is 0 Å². The van der Waals surface area contributed by atoms with E-state index in [0.717, 1.165) is 15.7 Å². The van der Waals surface area contributed by atoms with Gasteiger partial charge in [-0.3, -0.25) is 9.36 Å². The fourth-order valence-corrected chi connectivity index (χ4v) is 3.18. The molecule has 0 bridgehead atoms. The lowest BCUT2D eigenvalue weighted by molar-refractivity contribution is 0.0933. The van der Waals surface area contributed by atoms with Crippen LogP contribution in [-0.2, 0) is 0 Å². The number of amides is 1. The third kappa shape index (κ3) is 3.49. The number of aromatic amines is 1. The lowest BCUT2D eigenvalue weighted by atomic mass is 10.1. The van der Waals surface area contributed by atoms with Gasteiger partial charge in [0.2, 0.25) is 0 Å². The first kappa shape index (κ1) is 16.7. The molecule has 6 heteroatoms. The topological polar surface area (TPSA) is 49.8 Å². The van der Waals surface area contributed by atoms with Crippen LogP contribution in [0.2, 0.25) is 0 Å². The van der Waals surface area contributed by atoms with Crippen molar-refractivity contribution in [2.75, 3.05) is 0 Å². The smallest absolute Gasteiger partial charge is 0.270 e. The molecule has 0 fully saturated rings. The molecule has 0 radical (unpaired) electrons. The Hall–Kier alpha value is -2.18. The van der Waals surface area contributed by atoms with Crippen molar-refractivity contribution in [3.63, 3.8) is 0 Å². The zero-order valence-corrected chi connectivity index (χ0v) is 15.4. The van der Waals surface area contributed by atoms with Gasteiger partial charge in [0, 0.05) is 16.4 Å². The van der Waals surface area contributed by atoms with Gasteiger partial charge < -0.3 is 10.3 Å². The molecule has 1 aromatic heterocycles. The summed E-state index contributed by atoms with van der Waals surface area (Å²) < 4.78 is 3.20. The van der Waals surface area contributed by atoms with Crippen LogP contribution in [0.1, 0.15) is 29.0 Å². The van der Waals surface area contributed by atoms with E-state index < -0.39 is 0 Å². The molecule has 0 spiro atoms. The number of benzene rings is 2. The minimum atomic E-state index is -0.182. The Morgan fingerprint density at radius 3 is 2.67 bits per heavy atom. The number of para-hydroxylation sites is 1. The highest BCUT2D eigenvalue weighted by Gasteiger charge is 2.17. The van der Waals surface area contributed by atoms with Crippen molar-refractivity contribution < 1.29 is 4.79 Å². The van der Waals surface area contributed by atoms with Crippen molar-refractivity contribution in [3.8, 4) is 5.69 Å². The average molecular weight is 402 g/mol. The molecule has 0 saturated carbocycles. The van der Waals surface area contributed by atoms with E-state index in [1.165, 1.54) is 0 Å². The Bertz CT molecular complexity index is 917. The van der Waals surface area contributed by atoms with E-state index in [9.17, 15) is 4.79 Å². The van der Waals surface area contributed by atoms with Crippen LogP contribution >= 0.6 is 28.1 Å². The SMILES string of the molecule is CC(NC(=O)c1c[nH]c(=S)n1-c1ccccc1)c1cccc(Br)c1. The Morgan fingerprint density at radius 1 is 1.21 bits per heavy atom. The van der Waals surface area contributed by atoms with Gasteiger partial charge in [0.05, 0.1) is 6.04 Å². The first-order chi connectivity index (χ1) is 11.6. The number of carbonyl (C=O) groups is 1. The third-order valence-corrected chi connectivity index (χ3v) is 4.51. The summed E-state index contributed by atoms with van der Waals surface area (Å²) in [6.07, 6.45) is 1.64. The van der Waals surface area contributed by atoms with Gasteiger partial charge in [0.1, 0.15) is 5.69 Å². The molecule has 3 aromatic rings. The van der Waals surface area contributed by atoms with Crippen LogP contribution in [0.3, 0.4) is 0 Å². The molecule has 2 N–H and O–H groups in total. The molecule has 24 heavy (non-hydrogen) atoms. The maximum Gasteiger partial charge on any atom is 0.270 e. The fourth-order valence-electron chi connectivity index (χ4n) is 2.50. The molecule has 3 rings (SSSR count). The fraction of sp³-hybridized carbons (Fsp3) is 0.111. The highest BCUT2D eigenvalue weighted by atomic mass is 79.9. The van der Waals surface area contributed by atoms with Crippen molar-refractivity contribution in [2.45, 2.75) is 13.0 Å². The first-order valence-electron chi connectivity index (χ1n) is 7.48. The Kier molecular flexibility index (Phi) is 4.97. The number of carbonyl (C=O) groups excluding carboxylic acids is 1. The number of nitrogens with one attached hydrogen (secondary N) is 2. The van der Waals surface area contributed by atoms with Gasteiger partial charge in [-0.25, -0.2) is 0 Å². The number of hydrogen-bond acceptors (Lipinski definition) is 2. The van der Waals surface area contributed by atoms with Crippen LogP contribution in [0.5, 0.6) is 0 Å². The summed E-state index contributed by atoms with van der Waals surface area (Å²) in [4.78, 5) is 15.7. The monoisotopic (exact) mass is 401 g/mol. The summed E-state index contributed by atoms with van der Waals surface area (Å²) in [6.45, 7) is 1.95. The van der Waals surface area contributed by atoms with Crippen LogP contribution < -0.4 is 5.32 Å². The average Bonchev–Trinajstić information content (AvgIpc) is 2.97. The van der Waals surface area contributed by atoms with E-state index in [2.05, 4.69) is 26.2 Å². The number of H-pyrrole nitrogens is 1. The number of halogens is 1. The van der Waals surface area contributed by atoms with E-state index in [1.54, 1.807) is 10.8 Å². The summed E-state index contributed by atoms with van der Waals surface area (Å²) in [5.74, 6) is -0.182. The van der Waals surface area contributed by atoms with Gasteiger partial charge in [-0.2, -0.15) is 0 Å². The second-order valence-corrected chi connectivity index (χ2v) is 6.70. The molecule has 0 aliphatic heterocycles. The number of aromatic nitrogens is 2. The summed E-state index contributed by atoms with van der Waals surface area (Å²) in [5, 5.41) is 3.02. The molecule has 2 aromatic carbocycles. The van der Waals surface area contributed by atoms with Crippen LogP contribution in [0, 0.1) is 4.77 Å². The first-order valence-corrected chi connectivity index (χ1v) is 8.68. The number of nitrogens with zero attached hydrogens (tertiary/aromatic N) is 1. The van der Waals surface area contributed by atoms with Crippen molar-refractivity contribution >= 4 is 34.1 Å². The van der Waals surface area contributed by atoms with E-state index in [1.807, 2.05) is 61.5 Å². The van der Waals surface area contributed by atoms with Gasteiger partial charge in [0.25, 0.3) is 5.91 Å². The highest BCUT2D eigenvalue weighted by Crippen LogP contribution is 2.19. The maximum atomic E-state index is 12.7. The van der Waals surface area contributed by atoms with Crippen molar-refractivity contribution in [1.82, 2.24) is 14.9 Å². The lowest BCUT2D eigenvalue weighted by Crippen LogP contribution is -2.28. The minimum absolute atomic E-state index is 0.123. The largest absolute Gasteiger partial charge is 0.344 e. The maximum absolute atomic E-state index is 12.7. The molecule has 1 unspecified atom stereocenters. The zero-order chi connectivity index (χ0) is 17.1. The van der Waals surface area contributed by atoms with Gasteiger partial charge >= 0.3 is 0 Å². The third-order valence-electron chi connectivity index (χ3n) is 3.72. The number of hydrogen-bond donors (Lipinski definition) is 2. The predicted molar refractivity (Wildman–Crippen MR) is 101 cm³/mol. The molecule has 0 saturated heterocycles. The number of rotatable bonds is 4. The van der Waals surface area contributed by atoms with Crippen molar-refractivity contribution in [3.05, 3.63) is 81.3 Å². The standard InChI is InChI=1S/C18H16BrN3OS/c1-12(13-6-5-7-14(19)10-13)21-17(23)16-11-20-18(24)22(16)15-8-3-2-4-9-15/h2-12H,1H3,(H,20,24)(H,21,23). The van der Waals surface area contributed by atoms with Crippen LogP contribution in [0.25, 0.3) is 5.69 Å². The minimum Gasteiger partial charge on any atom is -0.344 e. The molecule has 0 aliphatic rings. The highest BCUT2D eigenvalue weighted by molar-refractivity contribution is 9.10. The zero-order valence-electron chi connectivity index (χ0n) is 13.0. The Morgan fingerprint density at radius 2 is 1.96 bits per heavy atom. The molecular formula is C18H16BrN3OS. The molecule has 0 aliphatic carbocycles. The van der Waals surface area contributed by atoms with Gasteiger partial charge in [-0.15, -0.1) is 0 Å². The molecule has 4 nitrogen and oxygen atoms in total. The van der Waals surface area contributed by atoms with E-state index in [-0.39, 0.29) is 11.9 Å². The second kappa shape index (κ2) is 7.15. The van der Waals surface area contributed by atoms with Gasteiger partial charge in [-0.1, -0.05) is 46.3 Å². The number of imidazole rings is 1. The summed E-state index contributed by atoms with van der Waals surface area (Å²) >= 11 is 8.77. The van der Waals surface area contributed by atoms with E-state index in [0.29, 0.717) is 10.5 Å². The summed E-state index contributed by atoms with van der Waals surface area (Å²) in [7, 11) is 0. The van der Waals surface area contributed by atoms with Crippen molar-refractivity contribution in [1.29, 1.82) is 0 Å². The molecule has 1 atom stereocenters. The quantitative estimate of drug-likeness (QED) is 0.617. The normalized spacial score (nSPS) is 11.9. The predicted octanol–water partition coefficient (Wildman–Crippen LogP) is 4.79. The molecule has 1 heterocycles. The second-order valence-electron chi connectivity index (χ2n) is 5.40. The summed E-state index contributed by atoms with van der Waals surface area (Å²) in [5.41, 5.74) is 2.36. The van der Waals surface area contributed by atoms with E-state index >= 15 is 0 Å².